The Balaban J connectivity index is 1.24. The third-order valence-corrected chi connectivity index (χ3v) is 6.98. The quantitative estimate of drug-likeness (QED) is 0.705. The second kappa shape index (κ2) is 6.32. The number of hydrogen-bond acceptors (Lipinski definition) is 5. The fraction of sp³-hybridized carbons (Fsp3) is 0.789. The topological polar surface area (TPSA) is 90.5 Å². The van der Waals surface area contributed by atoms with Crippen LogP contribution in [0.15, 0.2) is 0 Å². The zero-order chi connectivity index (χ0) is 17.7. The molecular formula is C19H28N4O3. The lowest BCUT2D eigenvalue weighted by Crippen LogP contribution is -2.52. The lowest BCUT2D eigenvalue weighted by atomic mass is 9.83. The number of carbonyl (C=O) groups excluding carboxylic acids is 1. The van der Waals surface area contributed by atoms with Gasteiger partial charge in [-0.2, -0.15) is 5.10 Å². The van der Waals surface area contributed by atoms with E-state index in [4.69, 9.17) is 4.74 Å². The summed E-state index contributed by atoms with van der Waals surface area (Å²) in [5, 5.41) is 20.9. The Hall–Kier alpha value is -1.44. The molecule has 4 atom stereocenters. The summed E-state index contributed by atoms with van der Waals surface area (Å²) >= 11 is 0. The van der Waals surface area contributed by atoms with Crippen molar-refractivity contribution in [3.05, 3.63) is 17.0 Å². The number of aliphatic hydroxyl groups excluding tert-OH is 1. The van der Waals surface area contributed by atoms with Crippen LogP contribution >= 0.6 is 0 Å². The molecule has 0 unspecified atom stereocenters. The van der Waals surface area contributed by atoms with Gasteiger partial charge in [0, 0.05) is 56.6 Å². The van der Waals surface area contributed by atoms with Gasteiger partial charge in [0.1, 0.15) is 5.60 Å². The van der Waals surface area contributed by atoms with Gasteiger partial charge in [-0.05, 0) is 31.2 Å². The number of aromatic nitrogens is 2. The van der Waals surface area contributed by atoms with E-state index in [0.29, 0.717) is 25.9 Å². The molecule has 0 aromatic carbocycles. The second-order valence-electron chi connectivity index (χ2n) is 8.41. The van der Waals surface area contributed by atoms with E-state index in [0.717, 1.165) is 31.6 Å². The lowest BCUT2D eigenvalue weighted by molar-refractivity contribution is -0.133. The minimum Gasteiger partial charge on any atom is -0.396 e. The Labute approximate surface area is 153 Å². The van der Waals surface area contributed by atoms with Crippen LogP contribution in [0.2, 0.25) is 0 Å². The first-order valence-electron chi connectivity index (χ1n) is 10.0. The first-order valence-corrected chi connectivity index (χ1v) is 10.0. The molecule has 7 nitrogen and oxygen atoms in total. The highest BCUT2D eigenvalue weighted by Gasteiger charge is 2.61. The Bertz CT molecular complexity index is 705. The number of nitrogens with one attached hydrogen (secondary N) is 2. The Morgan fingerprint density at radius 1 is 1.38 bits per heavy atom. The van der Waals surface area contributed by atoms with Gasteiger partial charge in [0.2, 0.25) is 5.91 Å². The van der Waals surface area contributed by atoms with E-state index in [-0.39, 0.29) is 36.1 Å². The highest BCUT2D eigenvalue weighted by molar-refractivity contribution is 5.77. The minimum atomic E-state index is -0.294. The fourth-order valence-corrected chi connectivity index (χ4v) is 5.63. The first kappa shape index (κ1) is 16.7. The molecule has 3 fully saturated rings. The second-order valence-corrected chi connectivity index (χ2v) is 8.41. The monoisotopic (exact) mass is 360 g/mol. The number of rotatable bonds is 4. The number of ether oxygens (including phenoxy) is 1. The molecule has 26 heavy (non-hydrogen) atoms. The average Bonchev–Trinajstić information content (AvgIpc) is 3.28. The summed E-state index contributed by atoms with van der Waals surface area (Å²) in [5.41, 5.74) is 3.41. The zero-order valence-corrected chi connectivity index (χ0v) is 15.2. The third kappa shape index (κ3) is 2.52. The van der Waals surface area contributed by atoms with Gasteiger partial charge in [0.15, 0.2) is 0 Å². The molecule has 1 amide bonds. The van der Waals surface area contributed by atoms with Gasteiger partial charge in [-0.1, -0.05) is 0 Å². The van der Waals surface area contributed by atoms with Gasteiger partial charge in [-0.3, -0.25) is 9.89 Å². The van der Waals surface area contributed by atoms with Crippen molar-refractivity contribution in [3.8, 4) is 0 Å². The molecule has 0 radical (unpaired) electrons. The maximum absolute atomic E-state index is 12.8. The maximum Gasteiger partial charge on any atom is 0.223 e. The van der Waals surface area contributed by atoms with Gasteiger partial charge >= 0.3 is 0 Å². The van der Waals surface area contributed by atoms with Crippen LogP contribution in [0.25, 0.3) is 0 Å². The first-order chi connectivity index (χ1) is 12.7. The van der Waals surface area contributed by atoms with E-state index in [1.54, 1.807) is 0 Å². The van der Waals surface area contributed by atoms with Crippen molar-refractivity contribution in [1.82, 2.24) is 20.4 Å². The maximum atomic E-state index is 12.8. The van der Waals surface area contributed by atoms with Crippen molar-refractivity contribution in [1.29, 1.82) is 0 Å². The van der Waals surface area contributed by atoms with E-state index in [2.05, 4.69) is 15.5 Å². The summed E-state index contributed by atoms with van der Waals surface area (Å²) in [6.45, 7) is 3.08. The molecule has 5 rings (SSSR count). The van der Waals surface area contributed by atoms with Crippen LogP contribution < -0.4 is 5.32 Å². The van der Waals surface area contributed by atoms with Crippen LogP contribution in [0.1, 0.15) is 36.2 Å². The molecule has 2 bridgehead atoms. The molecule has 1 aromatic rings. The molecular weight excluding hydrogens is 332 g/mol. The highest BCUT2D eigenvalue weighted by Crippen LogP contribution is 2.47. The number of aryl methyl sites for hydroxylation is 2. The number of aromatic amines is 1. The van der Waals surface area contributed by atoms with Gasteiger partial charge in [-0.15, -0.1) is 0 Å². The van der Waals surface area contributed by atoms with E-state index >= 15 is 0 Å². The average molecular weight is 360 g/mol. The number of morpholine rings is 1. The summed E-state index contributed by atoms with van der Waals surface area (Å²) < 4.78 is 6.28. The number of nitrogens with zero attached hydrogens (tertiary/aromatic N) is 2. The molecule has 7 heteroatoms. The fourth-order valence-electron chi connectivity index (χ4n) is 5.63. The Morgan fingerprint density at radius 3 is 3.15 bits per heavy atom. The number of aliphatic hydroxyl groups is 1. The SMILES string of the molecule is O=C(CCc1n[nH]c2c1CCCC2)N1C[C@@H]2[C@H](CO)[C@H]3CNC[C@]2(C1)O3. The smallest absolute Gasteiger partial charge is 0.223 e. The number of amides is 1. The number of fused-ring (bicyclic) bond motifs is 2. The molecule has 4 aliphatic rings. The normalized spacial score (nSPS) is 35.4. The molecule has 1 aromatic heterocycles. The number of likely N-dealkylation sites (tertiary alicyclic amines) is 1. The summed E-state index contributed by atoms with van der Waals surface area (Å²) in [6.07, 6.45) is 5.92. The minimum absolute atomic E-state index is 0.0894. The van der Waals surface area contributed by atoms with Crippen molar-refractivity contribution >= 4 is 5.91 Å². The van der Waals surface area contributed by atoms with Gasteiger partial charge in [0.05, 0.1) is 18.3 Å². The van der Waals surface area contributed by atoms with Crippen molar-refractivity contribution in [2.24, 2.45) is 11.8 Å². The Morgan fingerprint density at radius 2 is 2.27 bits per heavy atom. The molecule has 3 saturated heterocycles. The van der Waals surface area contributed by atoms with Crippen molar-refractivity contribution in [3.63, 3.8) is 0 Å². The van der Waals surface area contributed by atoms with Crippen LogP contribution in [0.5, 0.6) is 0 Å². The predicted octanol–water partition coefficient (Wildman–Crippen LogP) is 0.0288. The molecule has 1 spiro atoms. The van der Waals surface area contributed by atoms with Gasteiger partial charge in [0.25, 0.3) is 0 Å². The van der Waals surface area contributed by atoms with Crippen LogP contribution in [0.4, 0.5) is 0 Å². The van der Waals surface area contributed by atoms with E-state index < -0.39 is 0 Å². The Kier molecular flexibility index (Phi) is 4.06. The summed E-state index contributed by atoms with van der Waals surface area (Å²) in [4.78, 5) is 14.8. The third-order valence-electron chi connectivity index (χ3n) is 6.98. The van der Waals surface area contributed by atoms with Gasteiger partial charge in [-0.25, -0.2) is 0 Å². The van der Waals surface area contributed by atoms with E-state index in [1.807, 2.05) is 4.90 Å². The molecule has 0 saturated carbocycles. The summed E-state index contributed by atoms with van der Waals surface area (Å²) in [7, 11) is 0. The summed E-state index contributed by atoms with van der Waals surface area (Å²) in [6, 6.07) is 0. The summed E-state index contributed by atoms with van der Waals surface area (Å²) in [5.74, 6) is 0.569. The van der Waals surface area contributed by atoms with Crippen LogP contribution in [-0.4, -0.2) is 70.6 Å². The molecule has 3 N–H and O–H groups in total. The molecule has 1 aliphatic carbocycles. The predicted molar refractivity (Wildman–Crippen MR) is 94.7 cm³/mol. The van der Waals surface area contributed by atoms with Crippen molar-refractivity contribution in [2.45, 2.75) is 50.2 Å². The van der Waals surface area contributed by atoms with Crippen molar-refractivity contribution in [2.75, 3.05) is 32.8 Å². The molecule has 142 valence electrons. The highest BCUT2D eigenvalue weighted by atomic mass is 16.5. The van der Waals surface area contributed by atoms with E-state index in [1.165, 1.54) is 24.1 Å². The number of carbonyl (C=O) groups is 1. The van der Waals surface area contributed by atoms with Crippen molar-refractivity contribution < 1.29 is 14.6 Å². The number of H-pyrrole nitrogens is 1. The standard InChI is InChI=1S/C19H28N4O3/c24-9-13-14-8-23(11-19(14)10-20-7-17(13)26-19)18(25)6-5-16-12-3-1-2-4-15(12)21-22-16/h13-14,17,20,24H,1-11H2,(H,21,22)/t13-,14+,17+,19+/m0/s1. The lowest BCUT2D eigenvalue weighted by Gasteiger charge is -2.33. The van der Waals surface area contributed by atoms with E-state index in [9.17, 15) is 9.90 Å². The van der Waals surface area contributed by atoms with Crippen LogP contribution in [0.3, 0.4) is 0 Å². The largest absolute Gasteiger partial charge is 0.396 e. The van der Waals surface area contributed by atoms with Crippen LogP contribution in [-0.2, 0) is 28.8 Å². The number of hydrogen-bond donors (Lipinski definition) is 3. The zero-order valence-electron chi connectivity index (χ0n) is 15.2. The van der Waals surface area contributed by atoms with Crippen LogP contribution in [0, 0.1) is 11.8 Å². The van der Waals surface area contributed by atoms with Gasteiger partial charge < -0.3 is 20.1 Å². The molecule has 4 heterocycles. The molecule has 3 aliphatic heterocycles.